The average Bonchev–Trinajstić information content (AvgIpc) is 2.74. The van der Waals surface area contributed by atoms with E-state index < -0.39 is 23.0 Å². The second-order valence-corrected chi connectivity index (χ2v) is 7.84. The number of carbonyl (C=O) groups is 1. The van der Waals surface area contributed by atoms with E-state index in [2.05, 4.69) is 15.3 Å². The van der Waals surface area contributed by atoms with Gasteiger partial charge in [-0.05, 0) is 39.0 Å². The van der Waals surface area contributed by atoms with Crippen molar-refractivity contribution in [2.75, 3.05) is 24.6 Å². The minimum Gasteiger partial charge on any atom is -0.462 e. The first-order chi connectivity index (χ1) is 15.3. The Morgan fingerprint density at radius 2 is 1.97 bits per heavy atom. The summed E-state index contributed by atoms with van der Waals surface area (Å²) in [6.07, 6.45) is 2.26. The predicted octanol–water partition coefficient (Wildman–Crippen LogP) is 2.42. The van der Waals surface area contributed by atoms with Crippen LogP contribution in [0.5, 0.6) is 0 Å². The lowest BCUT2D eigenvalue weighted by Crippen LogP contribution is -2.54. The summed E-state index contributed by atoms with van der Waals surface area (Å²) in [6, 6.07) is 3.89. The highest BCUT2D eigenvalue weighted by Crippen LogP contribution is 2.25. The lowest BCUT2D eigenvalue weighted by Gasteiger charge is -2.37. The third kappa shape index (κ3) is 4.05. The Balaban J connectivity index is 1.97. The molecular weight excluding hydrogens is 420 g/mol. The fraction of sp³-hybridized carbons (Fsp3) is 0.364. The molecule has 0 spiro atoms. The molecule has 2 unspecified atom stereocenters. The Kier molecular flexibility index (Phi) is 5.88. The summed E-state index contributed by atoms with van der Waals surface area (Å²) < 4.78 is 35.0. The van der Waals surface area contributed by atoms with Crippen molar-refractivity contribution in [1.29, 1.82) is 0 Å². The third-order valence-corrected chi connectivity index (χ3v) is 5.22. The highest BCUT2D eigenvalue weighted by atomic mass is 19.1. The van der Waals surface area contributed by atoms with Gasteiger partial charge in [-0.15, -0.1) is 0 Å². The number of ether oxygens (including phenoxy) is 1. The molecule has 3 aromatic rings. The maximum absolute atomic E-state index is 15.2. The van der Waals surface area contributed by atoms with Gasteiger partial charge in [0, 0.05) is 31.4 Å². The highest BCUT2D eigenvalue weighted by molar-refractivity contribution is 5.93. The second kappa shape index (κ2) is 8.62. The smallest absolute Gasteiger partial charge is 0.343 e. The monoisotopic (exact) mass is 443 g/mol. The maximum Gasteiger partial charge on any atom is 0.343 e. The Hall–Kier alpha value is -3.40. The van der Waals surface area contributed by atoms with Gasteiger partial charge >= 0.3 is 5.97 Å². The first-order valence-corrected chi connectivity index (χ1v) is 10.3. The Morgan fingerprint density at radius 3 is 2.59 bits per heavy atom. The van der Waals surface area contributed by atoms with Gasteiger partial charge in [0.15, 0.2) is 17.3 Å². The van der Waals surface area contributed by atoms with Crippen LogP contribution in [0.15, 0.2) is 35.4 Å². The molecule has 1 aliphatic rings. The van der Waals surface area contributed by atoms with Crippen molar-refractivity contribution < 1.29 is 18.3 Å². The largest absolute Gasteiger partial charge is 0.462 e. The van der Waals surface area contributed by atoms with E-state index in [0.717, 1.165) is 12.3 Å². The van der Waals surface area contributed by atoms with Crippen LogP contribution in [-0.4, -0.2) is 52.3 Å². The number of nitrogens with zero attached hydrogens (tertiary/aromatic N) is 4. The third-order valence-electron chi connectivity index (χ3n) is 5.22. The van der Waals surface area contributed by atoms with E-state index in [0.29, 0.717) is 13.1 Å². The van der Waals surface area contributed by atoms with Crippen LogP contribution >= 0.6 is 0 Å². The zero-order valence-electron chi connectivity index (χ0n) is 17.9. The number of rotatable bonds is 4. The van der Waals surface area contributed by atoms with Gasteiger partial charge < -0.3 is 15.0 Å². The van der Waals surface area contributed by atoms with Crippen molar-refractivity contribution >= 4 is 22.8 Å². The molecule has 168 valence electrons. The SMILES string of the molecule is CCOC(=O)c1cn(-c2ccc(F)cn2)c2nc(N3CC(C)NC(C)C3)c(F)cc2c1=O. The van der Waals surface area contributed by atoms with Crippen molar-refractivity contribution in [3.63, 3.8) is 0 Å². The molecule has 0 bridgehead atoms. The number of piperazine rings is 1. The quantitative estimate of drug-likeness (QED) is 0.620. The number of anilines is 1. The van der Waals surface area contributed by atoms with Gasteiger partial charge in [-0.1, -0.05) is 0 Å². The molecule has 32 heavy (non-hydrogen) atoms. The number of hydrogen-bond acceptors (Lipinski definition) is 7. The minimum absolute atomic E-state index is 0.0655. The van der Waals surface area contributed by atoms with Crippen LogP contribution in [0.2, 0.25) is 0 Å². The van der Waals surface area contributed by atoms with E-state index in [9.17, 15) is 14.0 Å². The number of esters is 1. The number of nitrogens with one attached hydrogen (secondary N) is 1. The van der Waals surface area contributed by atoms with Gasteiger partial charge in [0.25, 0.3) is 0 Å². The molecule has 0 saturated carbocycles. The van der Waals surface area contributed by atoms with Crippen LogP contribution < -0.4 is 15.6 Å². The number of hydrogen-bond donors (Lipinski definition) is 1. The zero-order chi connectivity index (χ0) is 23.0. The lowest BCUT2D eigenvalue weighted by molar-refractivity contribution is 0.0524. The van der Waals surface area contributed by atoms with E-state index in [-0.39, 0.29) is 46.9 Å². The van der Waals surface area contributed by atoms with Crippen LogP contribution in [0.4, 0.5) is 14.6 Å². The fourth-order valence-corrected chi connectivity index (χ4v) is 3.98. The van der Waals surface area contributed by atoms with Gasteiger partial charge in [0.2, 0.25) is 5.43 Å². The van der Waals surface area contributed by atoms with Crippen LogP contribution in [0.1, 0.15) is 31.1 Å². The molecule has 10 heteroatoms. The van der Waals surface area contributed by atoms with E-state index in [4.69, 9.17) is 4.74 Å². The van der Waals surface area contributed by atoms with Crippen molar-refractivity contribution in [2.45, 2.75) is 32.9 Å². The molecule has 4 heterocycles. The Bertz CT molecular complexity index is 1220. The average molecular weight is 443 g/mol. The van der Waals surface area contributed by atoms with Gasteiger partial charge in [-0.25, -0.2) is 23.5 Å². The summed E-state index contributed by atoms with van der Waals surface area (Å²) in [4.78, 5) is 35.7. The molecule has 0 radical (unpaired) electrons. The molecule has 4 rings (SSSR count). The number of halogens is 2. The van der Waals surface area contributed by atoms with Crippen molar-refractivity contribution in [3.8, 4) is 5.82 Å². The molecule has 0 amide bonds. The molecule has 1 N–H and O–H groups in total. The molecule has 0 aromatic carbocycles. The number of carbonyl (C=O) groups excluding carboxylic acids is 1. The summed E-state index contributed by atoms with van der Waals surface area (Å²) >= 11 is 0. The zero-order valence-corrected chi connectivity index (χ0v) is 17.9. The molecule has 1 saturated heterocycles. The normalized spacial score (nSPS) is 18.7. The summed E-state index contributed by atoms with van der Waals surface area (Å²) in [5.41, 5.74) is -0.877. The van der Waals surface area contributed by atoms with E-state index in [1.807, 2.05) is 18.7 Å². The first kappa shape index (κ1) is 21.8. The van der Waals surface area contributed by atoms with E-state index in [1.54, 1.807) is 6.92 Å². The molecular formula is C22H23F2N5O3. The molecule has 0 aliphatic carbocycles. The molecule has 1 aliphatic heterocycles. The van der Waals surface area contributed by atoms with Crippen LogP contribution in [0, 0.1) is 11.6 Å². The Morgan fingerprint density at radius 1 is 1.25 bits per heavy atom. The molecule has 8 nitrogen and oxygen atoms in total. The van der Waals surface area contributed by atoms with E-state index in [1.165, 1.54) is 22.9 Å². The van der Waals surface area contributed by atoms with Crippen molar-refractivity contribution in [2.24, 2.45) is 0 Å². The predicted molar refractivity (Wildman–Crippen MR) is 115 cm³/mol. The van der Waals surface area contributed by atoms with E-state index >= 15 is 4.39 Å². The standard InChI is InChI=1S/C22H23F2N5O3/c1-4-32-22(31)16-11-29(18-6-5-14(23)8-25-18)20-15(19(16)30)7-17(24)21(27-20)28-9-12(2)26-13(3)10-28/h5-8,11-13,26H,4,9-10H2,1-3H3. The topological polar surface area (TPSA) is 89.3 Å². The van der Waals surface area contributed by atoms with Crippen LogP contribution in [0.25, 0.3) is 16.9 Å². The lowest BCUT2D eigenvalue weighted by atomic mass is 10.1. The van der Waals surface area contributed by atoms with Gasteiger partial charge in [-0.3, -0.25) is 9.36 Å². The van der Waals surface area contributed by atoms with Crippen LogP contribution in [0.3, 0.4) is 0 Å². The summed E-state index contributed by atoms with van der Waals surface area (Å²) in [7, 11) is 0. The first-order valence-electron chi connectivity index (χ1n) is 10.3. The van der Waals surface area contributed by atoms with Gasteiger partial charge in [0.1, 0.15) is 17.2 Å². The van der Waals surface area contributed by atoms with Crippen LogP contribution in [-0.2, 0) is 4.74 Å². The molecule has 2 atom stereocenters. The highest BCUT2D eigenvalue weighted by Gasteiger charge is 2.26. The summed E-state index contributed by atoms with van der Waals surface area (Å²) in [5.74, 6) is -1.75. The number of pyridine rings is 3. The second-order valence-electron chi connectivity index (χ2n) is 7.84. The summed E-state index contributed by atoms with van der Waals surface area (Å²) in [6.45, 7) is 6.72. The Labute approximate surface area is 182 Å². The summed E-state index contributed by atoms with van der Waals surface area (Å²) in [5, 5.41) is 3.28. The number of aromatic nitrogens is 3. The van der Waals surface area contributed by atoms with Gasteiger partial charge in [-0.2, -0.15) is 0 Å². The molecule has 1 fully saturated rings. The van der Waals surface area contributed by atoms with Gasteiger partial charge in [0.05, 0.1) is 18.2 Å². The fourth-order valence-electron chi connectivity index (χ4n) is 3.98. The molecule has 3 aromatic heterocycles. The minimum atomic E-state index is -0.843. The maximum atomic E-state index is 15.2. The number of fused-ring (bicyclic) bond motifs is 1. The van der Waals surface area contributed by atoms with Crippen molar-refractivity contribution in [3.05, 3.63) is 58.0 Å². The van der Waals surface area contributed by atoms with Crippen molar-refractivity contribution in [1.82, 2.24) is 19.9 Å².